The van der Waals surface area contributed by atoms with Gasteiger partial charge in [0.2, 0.25) is 0 Å². The number of esters is 1. The molecule has 1 rings (SSSR count). The van der Waals surface area contributed by atoms with Gasteiger partial charge in [-0.15, -0.1) is 0 Å². The molecule has 88 valence electrons. The summed E-state index contributed by atoms with van der Waals surface area (Å²) in [6, 6.07) is 0. The van der Waals surface area contributed by atoms with Crippen molar-refractivity contribution >= 4 is 40.9 Å². The molecule has 0 amide bonds. The lowest BCUT2D eigenvalue weighted by molar-refractivity contribution is -0.139. The molecule has 0 bridgehead atoms. The number of thioether (sulfide) groups is 1. The number of aromatic nitrogens is 2. The van der Waals surface area contributed by atoms with Gasteiger partial charge in [0.1, 0.15) is 10.3 Å². The van der Waals surface area contributed by atoms with Crippen LogP contribution < -0.4 is 0 Å². The minimum atomic E-state index is -0.316. The van der Waals surface area contributed by atoms with Gasteiger partial charge in [0, 0.05) is 5.56 Å². The Morgan fingerprint density at radius 2 is 1.94 bits per heavy atom. The van der Waals surface area contributed by atoms with Crippen LogP contribution in [0.4, 0.5) is 0 Å². The van der Waals surface area contributed by atoms with Crippen molar-refractivity contribution in [3.8, 4) is 0 Å². The SMILES string of the molecule is CCOC(=O)CSc1nc(Cl)c(C)c(Cl)n1. The average molecular weight is 281 g/mol. The van der Waals surface area contributed by atoms with E-state index in [-0.39, 0.29) is 11.7 Å². The number of rotatable bonds is 4. The number of ether oxygens (including phenoxy) is 1. The van der Waals surface area contributed by atoms with Gasteiger partial charge in [0.05, 0.1) is 12.4 Å². The van der Waals surface area contributed by atoms with Crippen LogP contribution in [0.3, 0.4) is 0 Å². The molecule has 0 fully saturated rings. The molecule has 0 saturated heterocycles. The molecule has 1 aromatic heterocycles. The van der Waals surface area contributed by atoms with Crippen molar-refractivity contribution in [2.24, 2.45) is 0 Å². The lowest BCUT2D eigenvalue weighted by Gasteiger charge is -2.04. The van der Waals surface area contributed by atoms with Crippen LogP contribution in [0.1, 0.15) is 12.5 Å². The van der Waals surface area contributed by atoms with Crippen LogP contribution in [0.25, 0.3) is 0 Å². The van der Waals surface area contributed by atoms with Crippen molar-refractivity contribution in [3.05, 3.63) is 15.9 Å². The van der Waals surface area contributed by atoms with Gasteiger partial charge in [0.15, 0.2) is 5.16 Å². The summed E-state index contributed by atoms with van der Waals surface area (Å²) in [5.74, 6) is -0.173. The van der Waals surface area contributed by atoms with Gasteiger partial charge in [-0.3, -0.25) is 4.79 Å². The Kier molecular flexibility index (Phi) is 5.31. The Labute approximate surface area is 108 Å². The molecule has 1 aromatic rings. The van der Waals surface area contributed by atoms with E-state index in [0.29, 0.717) is 27.6 Å². The predicted octanol–water partition coefficient (Wildman–Crippen LogP) is 2.75. The van der Waals surface area contributed by atoms with E-state index in [0.717, 1.165) is 11.8 Å². The third kappa shape index (κ3) is 3.81. The van der Waals surface area contributed by atoms with Crippen molar-refractivity contribution in [2.45, 2.75) is 19.0 Å². The fourth-order valence-corrected chi connectivity index (χ4v) is 1.97. The van der Waals surface area contributed by atoms with Crippen LogP contribution in [0.5, 0.6) is 0 Å². The second-order valence-electron chi connectivity index (χ2n) is 2.81. The monoisotopic (exact) mass is 280 g/mol. The summed E-state index contributed by atoms with van der Waals surface area (Å²) >= 11 is 12.8. The topological polar surface area (TPSA) is 52.1 Å². The van der Waals surface area contributed by atoms with Crippen molar-refractivity contribution in [3.63, 3.8) is 0 Å². The Bertz CT molecular complexity index is 378. The average Bonchev–Trinajstić information content (AvgIpc) is 2.23. The second kappa shape index (κ2) is 6.27. The van der Waals surface area contributed by atoms with Gasteiger partial charge in [-0.1, -0.05) is 35.0 Å². The molecule has 0 unspecified atom stereocenters. The third-order valence-corrected chi connectivity index (χ3v) is 3.19. The maximum Gasteiger partial charge on any atom is 0.316 e. The van der Waals surface area contributed by atoms with Crippen LogP contribution in [-0.2, 0) is 9.53 Å². The first kappa shape index (κ1) is 13.5. The fourth-order valence-electron chi connectivity index (χ4n) is 0.836. The Hall–Kier alpha value is -0.520. The Morgan fingerprint density at radius 3 is 2.44 bits per heavy atom. The van der Waals surface area contributed by atoms with Gasteiger partial charge in [-0.25, -0.2) is 9.97 Å². The fraction of sp³-hybridized carbons (Fsp3) is 0.444. The molecule has 0 saturated carbocycles. The van der Waals surface area contributed by atoms with E-state index in [2.05, 4.69) is 9.97 Å². The van der Waals surface area contributed by atoms with E-state index < -0.39 is 0 Å². The summed E-state index contributed by atoms with van der Waals surface area (Å²) in [7, 11) is 0. The minimum Gasteiger partial charge on any atom is -0.465 e. The molecule has 7 heteroatoms. The van der Waals surface area contributed by atoms with Crippen LogP contribution in [-0.4, -0.2) is 28.3 Å². The Balaban J connectivity index is 2.65. The molecular weight excluding hydrogens is 271 g/mol. The molecule has 0 aromatic carbocycles. The quantitative estimate of drug-likeness (QED) is 0.367. The second-order valence-corrected chi connectivity index (χ2v) is 4.47. The summed E-state index contributed by atoms with van der Waals surface area (Å²) in [6.07, 6.45) is 0. The molecule has 1 heterocycles. The Morgan fingerprint density at radius 1 is 1.38 bits per heavy atom. The highest BCUT2D eigenvalue weighted by atomic mass is 35.5. The van der Waals surface area contributed by atoms with Crippen LogP contribution >= 0.6 is 35.0 Å². The van der Waals surface area contributed by atoms with Gasteiger partial charge in [-0.05, 0) is 13.8 Å². The first-order valence-electron chi connectivity index (χ1n) is 4.52. The van der Waals surface area contributed by atoms with E-state index in [1.807, 2.05) is 0 Å². The van der Waals surface area contributed by atoms with Gasteiger partial charge in [-0.2, -0.15) is 0 Å². The van der Waals surface area contributed by atoms with E-state index in [1.54, 1.807) is 13.8 Å². The number of hydrogen-bond donors (Lipinski definition) is 0. The van der Waals surface area contributed by atoms with Crippen molar-refractivity contribution < 1.29 is 9.53 Å². The summed E-state index contributed by atoms with van der Waals surface area (Å²) < 4.78 is 4.77. The van der Waals surface area contributed by atoms with Gasteiger partial charge < -0.3 is 4.74 Å². The summed E-state index contributed by atoms with van der Waals surface area (Å²) in [4.78, 5) is 19.1. The maximum atomic E-state index is 11.1. The molecule has 0 atom stereocenters. The lowest BCUT2D eigenvalue weighted by atomic mass is 10.4. The normalized spacial score (nSPS) is 10.2. The third-order valence-electron chi connectivity index (χ3n) is 1.63. The van der Waals surface area contributed by atoms with Crippen LogP contribution in [0.2, 0.25) is 10.3 Å². The number of carbonyl (C=O) groups is 1. The van der Waals surface area contributed by atoms with E-state index in [9.17, 15) is 4.79 Å². The number of nitrogens with zero attached hydrogens (tertiary/aromatic N) is 2. The molecule has 0 aliphatic heterocycles. The lowest BCUT2D eigenvalue weighted by Crippen LogP contribution is -2.07. The first-order chi connectivity index (χ1) is 7.54. The van der Waals surface area contributed by atoms with Crippen molar-refractivity contribution in [1.82, 2.24) is 9.97 Å². The standard InChI is InChI=1S/C9H10Cl2N2O2S/c1-3-15-6(14)4-16-9-12-7(10)5(2)8(11)13-9/h3-4H2,1-2H3. The van der Waals surface area contributed by atoms with Crippen molar-refractivity contribution in [2.75, 3.05) is 12.4 Å². The minimum absolute atomic E-state index is 0.142. The van der Waals surface area contributed by atoms with Gasteiger partial charge >= 0.3 is 5.97 Å². The highest BCUT2D eigenvalue weighted by Crippen LogP contribution is 2.23. The zero-order valence-electron chi connectivity index (χ0n) is 8.79. The van der Waals surface area contributed by atoms with Crippen molar-refractivity contribution in [1.29, 1.82) is 0 Å². The highest BCUT2D eigenvalue weighted by Gasteiger charge is 2.10. The van der Waals surface area contributed by atoms with Crippen LogP contribution in [0.15, 0.2) is 5.16 Å². The number of carbonyl (C=O) groups excluding carboxylic acids is 1. The molecule has 16 heavy (non-hydrogen) atoms. The molecule has 0 spiro atoms. The molecule has 0 aliphatic rings. The van der Waals surface area contributed by atoms with Gasteiger partial charge in [0.25, 0.3) is 0 Å². The summed E-state index contributed by atoms with van der Waals surface area (Å²) in [5.41, 5.74) is 0.629. The molecule has 0 aliphatic carbocycles. The highest BCUT2D eigenvalue weighted by molar-refractivity contribution is 7.99. The first-order valence-corrected chi connectivity index (χ1v) is 6.26. The zero-order chi connectivity index (χ0) is 12.1. The number of hydrogen-bond acceptors (Lipinski definition) is 5. The van der Waals surface area contributed by atoms with Crippen LogP contribution in [0, 0.1) is 6.92 Å². The predicted molar refractivity (Wildman–Crippen MR) is 64.1 cm³/mol. The maximum absolute atomic E-state index is 11.1. The molecule has 0 N–H and O–H groups in total. The number of halogens is 2. The van der Waals surface area contributed by atoms with E-state index in [1.165, 1.54) is 0 Å². The smallest absolute Gasteiger partial charge is 0.316 e. The molecular formula is C9H10Cl2N2O2S. The van der Waals surface area contributed by atoms with E-state index in [4.69, 9.17) is 27.9 Å². The largest absolute Gasteiger partial charge is 0.465 e. The van der Waals surface area contributed by atoms with E-state index >= 15 is 0 Å². The molecule has 0 radical (unpaired) electrons. The molecule has 4 nitrogen and oxygen atoms in total. The summed E-state index contributed by atoms with van der Waals surface area (Å²) in [6.45, 7) is 3.83. The summed E-state index contributed by atoms with van der Waals surface area (Å²) in [5, 5.41) is 0.964. The zero-order valence-corrected chi connectivity index (χ0v) is 11.1.